The Morgan fingerprint density at radius 3 is 2.90 bits per heavy atom. The normalized spacial score (nSPS) is 32.2. The summed E-state index contributed by atoms with van der Waals surface area (Å²) in [5.74, 6) is 2.32. The Kier molecular flexibility index (Phi) is 3.77. The summed E-state index contributed by atoms with van der Waals surface area (Å²) >= 11 is 0. The van der Waals surface area contributed by atoms with Crippen LogP contribution in [0.1, 0.15) is 55.8 Å². The SMILES string of the molecule is CN1CCNCC1c1noc(C2CC23CCCC3)n1.Cl. The van der Waals surface area contributed by atoms with Crippen molar-refractivity contribution in [2.75, 3.05) is 26.7 Å². The maximum Gasteiger partial charge on any atom is 0.230 e. The lowest BCUT2D eigenvalue weighted by molar-refractivity contribution is 0.190. The van der Waals surface area contributed by atoms with E-state index in [1.54, 1.807) is 0 Å². The molecule has 0 aromatic carbocycles. The summed E-state index contributed by atoms with van der Waals surface area (Å²) in [6.45, 7) is 3.01. The largest absolute Gasteiger partial charge is 0.339 e. The summed E-state index contributed by atoms with van der Waals surface area (Å²) in [6, 6.07) is 0.268. The first-order valence-corrected chi connectivity index (χ1v) is 7.53. The Bertz CT molecular complexity index is 471. The van der Waals surface area contributed by atoms with Gasteiger partial charge in [-0.25, -0.2) is 0 Å². The summed E-state index contributed by atoms with van der Waals surface area (Å²) in [6.07, 6.45) is 6.76. The molecule has 0 bridgehead atoms. The van der Waals surface area contributed by atoms with Crippen LogP contribution in [0.3, 0.4) is 0 Å². The maximum atomic E-state index is 5.56. The van der Waals surface area contributed by atoms with Gasteiger partial charge in [-0.15, -0.1) is 12.4 Å². The Morgan fingerprint density at radius 2 is 2.15 bits per heavy atom. The summed E-state index contributed by atoms with van der Waals surface area (Å²) in [5, 5.41) is 7.64. The monoisotopic (exact) mass is 298 g/mol. The number of hydrogen-bond acceptors (Lipinski definition) is 5. The van der Waals surface area contributed by atoms with Gasteiger partial charge >= 0.3 is 0 Å². The average molecular weight is 299 g/mol. The Morgan fingerprint density at radius 1 is 1.35 bits per heavy atom. The number of likely N-dealkylation sites (N-methyl/N-ethyl adjacent to an activating group) is 1. The van der Waals surface area contributed by atoms with E-state index in [9.17, 15) is 0 Å². The molecule has 2 heterocycles. The van der Waals surface area contributed by atoms with E-state index in [-0.39, 0.29) is 18.4 Å². The fourth-order valence-corrected chi connectivity index (χ4v) is 3.95. The molecule has 2 unspecified atom stereocenters. The van der Waals surface area contributed by atoms with Crippen LogP contribution in [-0.4, -0.2) is 41.7 Å². The molecule has 4 rings (SSSR count). The summed E-state index contributed by atoms with van der Waals surface area (Å²) in [5.41, 5.74) is 0.542. The van der Waals surface area contributed by atoms with Crippen LogP contribution in [-0.2, 0) is 0 Å². The van der Waals surface area contributed by atoms with Gasteiger partial charge in [0.1, 0.15) is 0 Å². The molecule has 2 saturated carbocycles. The zero-order valence-electron chi connectivity index (χ0n) is 12.0. The van der Waals surface area contributed by atoms with E-state index in [4.69, 9.17) is 9.51 Å². The fourth-order valence-electron chi connectivity index (χ4n) is 3.95. The molecule has 2 atom stereocenters. The zero-order valence-corrected chi connectivity index (χ0v) is 12.8. The third-order valence-electron chi connectivity index (χ3n) is 5.35. The fraction of sp³-hybridized carbons (Fsp3) is 0.857. The molecular weight excluding hydrogens is 276 g/mol. The predicted octanol–water partition coefficient (Wildman–Crippen LogP) is 2.12. The van der Waals surface area contributed by atoms with Gasteiger partial charge in [0.05, 0.1) is 6.04 Å². The first kappa shape index (κ1) is 14.3. The van der Waals surface area contributed by atoms with Crippen molar-refractivity contribution < 1.29 is 4.52 Å². The molecule has 6 heteroatoms. The van der Waals surface area contributed by atoms with E-state index >= 15 is 0 Å². The van der Waals surface area contributed by atoms with Crippen LogP contribution in [0, 0.1) is 5.41 Å². The molecule has 1 N–H and O–H groups in total. The second-order valence-electron chi connectivity index (χ2n) is 6.52. The van der Waals surface area contributed by atoms with Gasteiger partial charge < -0.3 is 9.84 Å². The van der Waals surface area contributed by atoms with E-state index in [2.05, 4.69) is 22.4 Å². The molecule has 1 aromatic rings. The maximum absolute atomic E-state index is 5.56. The van der Waals surface area contributed by atoms with Crippen molar-refractivity contribution in [3.8, 4) is 0 Å². The number of nitrogens with zero attached hydrogens (tertiary/aromatic N) is 3. The molecule has 1 spiro atoms. The number of piperazine rings is 1. The molecule has 20 heavy (non-hydrogen) atoms. The molecule has 5 nitrogen and oxygen atoms in total. The molecule has 3 aliphatic rings. The lowest BCUT2D eigenvalue weighted by Gasteiger charge is -2.30. The molecule has 0 radical (unpaired) electrons. The topological polar surface area (TPSA) is 54.2 Å². The number of aromatic nitrogens is 2. The van der Waals surface area contributed by atoms with Crippen molar-refractivity contribution in [2.24, 2.45) is 5.41 Å². The van der Waals surface area contributed by atoms with E-state index in [0.717, 1.165) is 31.3 Å². The van der Waals surface area contributed by atoms with Gasteiger partial charge in [0.25, 0.3) is 0 Å². The van der Waals surface area contributed by atoms with Gasteiger partial charge in [0.15, 0.2) is 5.82 Å². The van der Waals surface area contributed by atoms with Crippen LogP contribution in [0.15, 0.2) is 4.52 Å². The van der Waals surface area contributed by atoms with Crippen molar-refractivity contribution in [3.05, 3.63) is 11.7 Å². The first-order valence-electron chi connectivity index (χ1n) is 7.53. The van der Waals surface area contributed by atoms with Gasteiger partial charge in [0, 0.05) is 25.6 Å². The van der Waals surface area contributed by atoms with E-state index in [1.807, 2.05) is 0 Å². The smallest absolute Gasteiger partial charge is 0.230 e. The van der Waals surface area contributed by atoms with Crippen molar-refractivity contribution >= 4 is 12.4 Å². The van der Waals surface area contributed by atoms with Crippen molar-refractivity contribution in [3.63, 3.8) is 0 Å². The summed E-state index contributed by atoms with van der Waals surface area (Å²) in [7, 11) is 2.14. The van der Waals surface area contributed by atoms with Gasteiger partial charge in [-0.2, -0.15) is 4.98 Å². The second-order valence-corrected chi connectivity index (χ2v) is 6.52. The molecular formula is C14H23ClN4O. The zero-order chi connectivity index (χ0) is 12.9. The number of halogens is 1. The van der Waals surface area contributed by atoms with E-state index < -0.39 is 0 Å². The average Bonchev–Trinajstić information content (AvgIpc) is 2.81. The molecule has 0 amide bonds. The van der Waals surface area contributed by atoms with Crippen LogP contribution in [0.4, 0.5) is 0 Å². The van der Waals surface area contributed by atoms with Crippen LogP contribution in [0.5, 0.6) is 0 Å². The predicted molar refractivity (Wildman–Crippen MR) is 78.0 cm³/mol. The quantitative estimate of drug-likeness (QED) is 0.906. The lowest BCUT2D eigenvalue weighted by Crippen LogP contribution is -2.44. The van der Waals surface area contributed by atoms with E-state index in [1.165, 1.54) is 32.1 Å². The van der Waals surface area contributed by atoms with Crippen molar-refractivity contribution in [2.45, 2.75) is 44.1 Å². The lowest BCUT2D eigenvalue weighted by atomic mass is 10.0. The van der Waals surface area contributed by atoms with Gasteiger partial charge in [-0.05, 0) is 31.7 Å². The highest BCUT2D eigenvalue weighted by atomic mass is 35.5. The minimum absolute atomic E-state index is 0. The molecule has 3 fully saturated rings. The Labute approximate surface area is 125 Å². The van der Waals surface area contributed by atoms with Crippen molar-refractivity contribution in [1.29, 1.82) is 0 Å². The number of nitrogens with one attached hydrogen (secondary N) is 1. The number of hydrogen-bond donors (Lipinski definition) is 1. The number of rotatable bonds is 2. The van der Waals surface area contributed by atoms with Crippen LogP contribution < -0.4 is 5.32 Å². The van der Waals surface area contributed by atoms with Crippen LogP contribution in [0.25, 0.3) is 0 Å². The van der Waals surface area contributed by atoms with Gasteiger partial charge in [0.2, 0.25) is 5.89 Å². The highest BCUT2D eigenvalue weighted by Crippen LogP contribution is 2.67. The highest BCUT2D eigenvalue weighted by Gasteiger charge is 2.58. The summed E-state index contributed by atoms with van der Waals surface area (Å²) < 4.78 is 5.56. The minimum Gasteiger partial charge on any atom is -0.339 e. The van der Waals surface area contributed by atoms with Crippen molar-refractivity contribution in [1.82, 2.24) is 20.4 Å². The van der Waals surface area contributed by atoms with E-state index in [0.29, 0.717) is 11.3 Å². The molecule has 1 saturated heterocycles. The molecule has 1 aliphatic heterocycles. The summed E-state index contributed by atoms with van der Waals surface area (Å²) in [4.78, 5) is 7.01. The van der Waals surface area contributed by atoms with Gasteiger partial charge in [-0.3, -0.25) is 4.90 Å². The van der Waals surface area contributed by atoms with Crippen LogP contribution in [0.2, 0.25) is 0 Å². The molecule has 112 valence electrons. The third-order valence-corrected chi connectivity index (χ3v) is 5.35. The third kappa shape index (κ3) is 2.26. The standard InChI is InChI=1S/C14H22N4O.ClH/c1-18-7-6-15-9-11(18)12-16-13(19-17-12)10-8-14(10)4-2-3-5-14;/h10-11,15H,2-9H2,1H3;1H. The highest BCUT2D eigenvalue weighted by molar-refractivity contribution is 5.85. The molecule has 1 aromatic heterocycles. The second kappa shape index (κ2) is 5.28. The molecule has 2 aliphatic carbocycles. The van der Waals surface area contributed by atoms with Crippen LogP contribution >= 0.6 is 12.4 Å². The first-order chi connectivity index (χ1) is 9.28. The minimum atomic E-state index is 0. The van der Waals surface area contributed by atoms with Gasteiger partial charge in [-0.1, -0.05) is 18.0 Å². The Balaban J connectivity index is 0.00000121. The Hall–Kier alpha value is -0.650.